The van der Waals surface area contributed by atoms with Gasteiger partial charge in [-0.25, -0.2) is 0 Å². The lowest BCUT2D eigenvalue weighted by Gasteiger charge is -2.49. The van der Waals surface area contributed by atoms with E-state index in [2.05, 4.69) is 10.6 Å². The van der Waals surface area contributed by atoms with Crippen LogP contribution in [0.1, 0.15) is 27.4 Å². The summed E-state index contributed by atoms with van der Waals surface area (Å²) in [5, 5.41) is 47.7. The van der Waals surface area contributed by atoms with Gasteiger partial charge in [0.15, 0.2) is 11.5 Å². The molecule has 1 aliphatic carbocycles. The number of hydrogen-bond acceptors (Lipinski definition) is 8. The van der Waals surface area contributed by atoms with Crippen LogP contribution in [-0.4, -0.2) is 69.4 Å². The van der Waals surface area contributed by atoms with Crippen molar-refractivity contribution in [2.75, 3.05) is 6.79 Å². The number of benzene rings is 2. The fraction of sp³-hybridized carbons (Fsp3) is 0.364. The van der Waals surface area contributed by atoms with Gasteiger partial charge in [-0.1, -0.05) is 30.3 Å². The fourth-order valence-electron chi connectivity index (χ4n) is 4.80. The Morgan fingerprint density at radius 1 is 1.09 bits per heavy atom. The van der Waals surface area contributed by atoms with Gasteiger partial charge in [-0.3, -0.25) is 9.59 Å². The van der Waals surface area contributed by atoms with Crippen LogP contribution in [0.5, 0.6) is 17.2 Å². The first kappa shape index (κ1) is 20.6. The maximum atomic E-state index is 12.8. The summed E-state index contributed by atoms with van der Waals surface area (Å²) in [6.45, 7) is -0.136. The second-order valence-corrected chi connectivity index (χ2v) is 8.18. The predicted octanol–water partition coefficient (Wildman–Crippen LogP) is -0.860. The van der Waals surface area contributed by atoms with Crippen molar-refractivity contribution in [1.82, 2.24) is 10.6 Å². The average Bonchev–Trinajstić information content (AvgIpc) is 3.25. The molecule has 3 aliphatic rings. The van der Waals surface area contributed by atoms with E-state index >= 15 is 0 Å². The van der Waals surface area contributed by atoms with Crippen LogP contribution >= 0.6 is 0 Å². The van der Waals surface area contributed by atoms with Crippen LogP contribution in [0, 0.1) is 0 Å². The highest BCUT2D eigenvalue weighted by atomic mass is 16.7. The third-order valence-electron chi connectivity index (χ3n) is 6.30. The second-order valence-electron chi connectivity index (χ2n) is 8.18. The molecule has 2 aromatic rings. The zero-order chi connectivity index (χ0) is 22.6. The molecular weight excluding hydrogens is 420 g/mol. The molecule has 2 aliphatic heterocycles. The van der Waals surface area contributed by atoms with Crippen LogP contribution in [0.15, 0.2) is 36.4 Å². The molecule has 6 atom stereocenters. The van der Waals surface area contributed by atoms with Crippen LogP contribution in [0.3, 0.4) is 0 Å². The minimum absolute atomic E-state index is 0.0268. The molecule has 0 radical (unpaired) electrons. The number of aromatic hydroxyl groups is 1. The molecular formula is C22H22N2O8. The zero-order valence-corrected chi connectivity index (χ0v) is 16.8. The summed E-state index contributed by atoms with van der Waals surface area (Å²) in [7, 11) is 0. The maximum absolute atomic E-state index is 12.8. The summed E-state index contributed by atoms with van der Waals surface area (Å²) in [6, 6.07) is 8.41. The molecule has 2 heterocycles. The van der Waals surface area contributed by atoms with Gasteiger partial charge in [0.2, 0.25) is 18.4 Å². The Hall–Kier alpha value is -3.34. The number of aliphatic hydroxyl groups excluding tert-OH is 3. The van der Waals surface area contributed by atoms with Crippen LogP contribution in [-0.2, 0) is 11.2 Å². The van der Waals surface area contributed by atoms with Crippen molar-refractivity contribution >= 4 is 11.8 Å². The molecule has 0 saturated heterocycles. The van der Waals surface area contributed by atoms with Crippen molar-refractivity contribution in [1.29, 1.82) is 0 Å². The Labute approximate surface area is 182 Å². The third kappa shape index (κ3) is 3.15. The number of carbonyl (C=O) groups excluding carboxylic acids is 2. The minimum atomic E-state index is -1.61. The molecule has 10 nitrogen and oxygen atoms in total. The Morgan fingerprint density at radius 3 is 2.59 bits per heavy atom. The van der Waals surface area contributed by atoms with Crippen molar-refractivity contribution in [3.05, 3.63) is 53.1 Å². The number of amides is 2. The molecule has 6 unspecified atom stereocenters. The van der Waals surface area contributed by atoms with Gasteiger partial charge in [-0.05, 0) is 17.2 Å². The first-order chi connectivity index (χ1) is 15.4. The van der Waals surface area contributed by atoms with E-state index in [0.29, 0.717) is 0 Å². The smallest absolute Gasteiger partial charge is 0.255 e. The van der Waals surface area contributed by atoms with Gasteiger partial charge < -0.3 is 40.5 Å². The highest BCUT2D eigenvalue weighted by Crippen LogP contribution is 2.50. The lowest BCUT2D eigenvalue weighted by molar-refractivity contribution is -0.134. The summed E-state index contributed by atoms with van der Waals surface area (Å²) < 4.78 is 10.6. The van der Waals surface area contributed by atoms with Crippen molar-refractivity contribution < 1.29 is 39.5 Å². The first-order valence-electron chi connectivity index (χ1n) is 10.2. The molecule has 1 saturated carbocycles. The Balaban J connectivity index is 1.54. The van der Waals surface area contributed by atoms with Gasteiger partial charge in [-0.2, -0.15) is 0 Å². The predicted molar refractivity (Wildman–Crippen MR) is 108 cm³/mol. The number of rotatable bonds is 3. The highest BCUT2D eigenvalue weighted by Gasteiger charge is 2.54. The van der Waals surface area contributed by atoms with Gasteiger partial charge in [0.1, 0.15) is 18.3 Å². The van der Waals surface area contributed by atoms with E-state index in [1.807, 2.05) is 6.07 Å². The molecule has 10 heteroatoms. The molecule has 6 N–H and O–H groups in total. The summed E-state index contributed by atoms with van der Waals surface area (Å²) in [6.07, 6.45) is -4.60. The lowest BCUT2D eigenvalue weighted by Crippen LogP contribution is -2.69. The van der Waals surface area contributed by atoms with Gasteiger partial charge in [0, 0.05) is 5.92 Å². The van der Waals surface area contributed by atoms with E-state index < -0.39 is 53.9 Å². The number of fused-ring (bicyclic) bond motifs is 4. The molecule has 5 rings (SSSR count). The van der Waals surface area contributed by atoms with Gasteiger partial charge in [0.05, 0.1) is 24.1 Å². The normalized spacial score (nSPS) is 30.2. The van der Waals surface area contributed by atoms with Gasteiger partial charge in [-0.15, -0.1) is 0 Å². The number of carbonyl (C=O) groups is 2. The molecule has 2 aromatic carbocycles. The zero-order valence-electron chi connectivity index (χ0n) is 16.8. The van der Waals surface area contributed by atoms with Crippen LogP contribution in [0.2, 0.25) is 0 Å². The topological polar surface area (TPSA) is 158 Å². The number of aliphatic hydroxyl groups is 3. The van der Waals surface area contributed by atoms with Crippen LogP contribution in [0.25, 0.3) is 0 Å². The molecule has 168 valence electrons. The average molecular weight is 442 g/mol. The van der Waals surface area contributed by atoms with Crippen LogP contribution < -0.4 is 20.1 Å². The Morgan fingerprint density at radius 2 is 1.84 bits per heavy atom. The monoisotopic (exact) mass is 442 g/mol. The van der Waals surface area contributed by atoms with E-state index in [1.54, 1.807) is 24.3 Å². The SMILES string of the molecule is O=C(Cc1ccccc1)NC1C(O)C(O)C(O)C2NC(=O)c3c(cc4c(c3O)OCO4)C12. The number of phenolic OH excluding ortho intramolecular Hbond substituents is 1. The number of nitrogens with one attached hydrogen (secondary N) is 2. The maximum Gasteiger partial charge on any atom is 0.255 e. The highest BCUT2D eigenvalue weighted by molar-refractivity contribution is 6.01. The number of hydrogen-bond donors (Lipinski definition) is 6. The Kier molecular flexibility index (Phi) is 4.92. The van der Waals surface area contributed by atoms with E-state index in [4.69, 9.17) is 9.47 Å². The third-order valence-corrected chi connectivity index (χ3v) is 6.30. The minimum Gasteiger partial charge on any atom is -0.504 e. The van der Waals surface area contributed by atoms with Crippen molar-refractivity contribution in [3.8, 4) is 17.2 Å². The fourth-order valence-corrected chi connectivity index (χ4v) is 4.80. The first-order valence-corrected chi connectivity index (χ1v) is 10.2. The summed E-state index contributed by atoms with van der Waals surface area (Å²) >= 11 is 0. The summed E-state index contributed by atoms with van der Waals surface area (Å²) in [4.78, 5) is 25.5. The molecule has 2 amide bonds. The Bertz CT molecular complexity index is 1080. The van der Waals surface area contributed by atoms with E-state index in [9.17, 15) is 30.0 Å². The van der Waals surface area contributed by atoms with Crippen molar-refractivity contribution in [2.45, 2.75) is 42.7 Å². The van der Waals surface area contributed by atoms with E-state index in [-0.39, 0.29) is 35.8 Å². The lowest BCUT2D eigenvalue weighted by atomic mass is 9.68. The van der Waals surface area contributed by atoms with Crippen LogP contribution in [0.4, 0.5) is 0 Å². The van der Waals surface area contributed by atoms with Crippen molar-refractivity contribution in [2.24, 2.45) is 0 Å². The van der Waals surface area contributed by atoms with Gasteiger partial charge >= 0.3 is 0 Å². The summed E-state index contributed by atoms with van der Waals surface area (Å²) in [5.41, 5.74) is 0.940. The molecule has 1 fully saturated rings. The quantitative estimate of drug-likeness (QED) is 0.358. The molecule has 0 bridgehead atoms. The molecule has 32 heavy (non-hydrogen) atoms. The molecule has 0 spiro atoms. The van der Waals surface area contributed by atoms with E-state index in [1.165, 1.54) is 6.07 Å². The number of phenols is 1. The largest absolute Gasteiger partial charge is 0.504 e. The van der Waals surface area contributed by atoms with E-state index in [0.717, 1.165) is 5.56 Å². The molecule has 0 aromatic heterocycles. The van der Waals surface area contributed by atoms with Gasteiger partial charge in [0.25, 0.3) is 5.91 Å². The van der Waals surface area contributed by atoms with Crippen molar-refractivity contribution in [3.63, 3.8) is 0 Å². The standard InChI is InChI=1S/C22H22N2O8/c25-12(6-9-4-2-1-3-5-9)23-15-13-10-7-11-21(32-8-31-11)17(26)14(10)22(30)24-16(13)19(28)20(29)18(15)27/h1-5,7,13,15-16,18-20,26-29H,6,8H2,(H,23,25)(H,24,30). The summed E-state index contributed by atoms with van der Waals surface area (Å²) in [5.74, 6) is -2.12. The number of ether oxygens (including phenoxy) is 2. The second kappa shape index (κ2) is 7.66.